The van der Waals surface area contributed by atoms with Gasteiger partial charge in [-0.25, -0.2) is 4.79 Å². The third-order valence-corrected chi connectivity index (χ3v) is 9.16. The Kier molecular flexibility index (Phi) is 11.5. The van der Waals surface area contributed by atoms with E-state index in [1.807, 2.05) is 77.7 Å². The summed E-state index contributed by atoms with van der Waals surface area (Å²) in [5.41, 5.74) is 2.43. The molecule has 2 saturated heterocycles. The fourth-order valence-corrected chi connectivity index (χ4v) is 6.22. The van der Waals surface area contributed by atoms with E-state index in [0.29, 0.717) is 48.3 Å². The maximum Gasteiger partial charge on any atom is 0.333 e. The van der Waals surface area contributed by atoms with Crippen LogP contribution >= 0.6 is 0 Å². The van der Waals surface area contributed by atoms with Gasteiger partial charge in [0.05, 0.1) is 20.6 Å². The second kappa shape index (κ2) is 15.9. The minimum absolute atomic E-state index is 0.00102. The first-order valence-corrected chi connectivity index (χ1v) is 16.6. The first-order chi connectivity index (χ1) is 23.2. The van der Waals surface area contributed by atoms with Gasteiger partial charge in [0.25, 0.3) is 11.8 Å². The number of imide groups is 1. The monoisotopic (exact) mass is 656 g/mol. The quantitative estimate of drug-likeness (QED) is 0.125. The number of benzene rings is 3. The van der Waals surface area contributed by atoms with E-state index in [0.717, 1.165) is 48.2 Å². The highest BCUT2D eigenvalue weighted by Crippen LogP contribution is 2.42. The zero-order valence-corrected chi connectivity index (χ0v) is 27.9. The highest BCUT2D eigenvalue weighted by molar-refractivity contribution is 6.01. The Morgan fingerprint density at radius 3 is 1.75 bits per heavy atom. The van der Waals surface area contributed by atoms with Crippen molar-refractivity contribution in [2.75, 3.05) is 33.9 Å². The zero-order chi connectivity index (χ0) is 34.1. The molecule has 254 valence electrons. The van der Waals surface area contributed by atoms with Crippen molar-refractivity contribution in [2.24, 2.45) is 5.92 Å². The third-order valence-electron chi connectivity index (χ3n) is 9.16. The van der Waals surface area contributed by atoms with Gasteiger partial charge >= 0.3 is 5.97 Å². The molecule has 3 aromatic carbocycles. The van der Waals surface area contributed by atoms with Crippen molar-refractivity contribution in [2.45, 2.75) is 63.9 Å². The fourth-order valence-electron chi connectivity index (χ4n) is 6.22. The molecule has 2 heterocycles. The lowest BCUT2D eigenvalue weighted by Gasteiger charge is -2.36. The number of nitrogens with zero attached hydrogens (tertiary/aromatic N) is 2. The van der Waals surface area contributed by atoms with Crippen molar-refractivity contribution >= 4 is 23.7 Å². The van der Waals surface area contributed by atoms with Crippen LogP contribution in [-0.2, 0) is 40.8 Å². The molecule has 3 aromatic rings. The molecule has 2 aliphatic heterocycles. The van der Waals surface area contributed by atoms with Crippen LogP contribution in [0, 0.1) is 5.92 Å². The van der Waals surface area contributed by atoms with Crippen LogP contribution in [0.2, 0.25) is 0 Å². The number of hydrogen-bond donors (Lipinski definition) is 0. The predicted octanol–water partition coefficient (Wildman–Crippen LogP) is 5.59. The minimum Gasteiger partial charge on any atom is -0.497 e. The lowest BCUT2D eigenvalue weighted by Crippen LogP contribution is -2.38. The molecule has 2 fully saturated rings. The number of aryl methyl sites for hydroxylation is 1. The van der Waals surface area contributed by atoms with Crippen molar-refractivity contribution in [3.05, 3.63) is 95.1 Å². The molecule has 0 saturated carbocycles. The van der Waals surface area contributed by atoms with Crippen molar-refractivity contribution in [1.82, 2.24) is 9.96 Å². The van der Waals surface area contributed by atoms with Crippen LogP contribution < -0.4 is 9.47 Å². The molecule has 0 radical (unpaired) electrons. The topological polar surface area (TPSA) is 112 Å². The largest absolute Gasteiger partial charge is 0.497 e. The lowest BCUT2D eigenvalue weighted by atomic mass is 9.79. The first-order valence-electron chi connectivity index (χ1n) is 16.6. The molecule has 48 heavy (non-hydrogen) atoms. The highest BCUT2D eigenvalue weighted by atomic mass is 16.7. The Morgan fingerprint density at radius 2 is 1.25 bits per heavy atom. The average molecular weight is 657 g/mol. The second-order valence-electron chi connectivity index (χ2n) is 12.4. The van der Waals surface area contributed by atoms with E-state index in [4.69, 9.17) is 19.0 Å². The van der Waals surface area contributed by atoms with Gasteiger partial charge in [-0.2, -0.15) is 0 Å². The van der Waals surface area contributed by atoms with Crippen molar-refractivity contribution in [3.63, 3.8) is 0 Å². The average Bonchev–Trinajstić information content (AvgIpc) is 3.43. The molecule has 0 aromatic heterocycles. The van der Waals surface area contributed by atoms with Crippen LogP contribution in [0.25, 0.3) is 0 Å². The molecule has 0 bridgehead atoms. The molecule has 5 rings (SSSR count). The van der Waals surface area contributed by atoms with Crippen LogP contribution in [0.1, 0.15) is 74.1 Å². The summed E-state index contributed by atoms with van der Waals surface area (Å²) in [5.74, 6) is 0.579. The summed E-state index contributed by atoms with van der Waals surface area (Å²) in [7, 11) is 3.25. The van der Waals surface area contributed by atoms with Gasteiger partial charge in [-0.1, -0.05) is 55.5 Å². The summed E-state index contributed by atoms with van der Waals surface area (Å²) in [6.45, 7) is 4.17. The molecule has 10 heteroatoms. The number of rotatable bonds is 14. The number of carbonyl (C=O) groups is 4. The summed E-state index contributed by atoms with van der Waals surface area (Å²) in [6.07, 6.45) is 3.48. The van der Waals surface area contributed by atoms with E-state index in [2.05, 4.69) is 6.92 Å². The van der Waals surface area contributed by atoms with Gasteiger partial charge in [0.15, 0.2) is 0 Å². The molecule has 0 atom stereocenters. The summed E-state index contributed by atoms with van der Waals surface area (Å²) in [5, 5.41) is 0.571. The number of ether oxygens (including phenoxy) is 3. The van der Waals surface area contributed by atoms with Gasteiger partial charge in [-0.05, 0) is 78.1 Å². The lowest BCUT2D eigenvalue weighted by molar-refractivity contribution is -0.197. The Balaban J connectivity index is 1.39. The number of likely N-dealkylation sites (tertiary alicyclic amines) is 1. The van der Waals surface area contributed by atoms with Gasteiger partial charge in [0, 0.05) is 39.0 Å². The zero-order valence-electron chi connectivity index (χ0n) is 27.9. The van der Waals surface area contributed by atoms with Gasteiger partial charge in [0.2, 0.25) is 5.91 Å². The van der Waals surface area contributed by atoms with E-state index in [1.165, 1.54) is 0 Å². The van der Waals surface area contributed by atoms with Gasteiger partial charge in [-0.3, -0.25) is 14.4 Å². The normalized spacial score (nSPS) is 15.5. The molecular weight excluding hydrogens is 612 g/mol. The number of hydroxylamine groups is 2. The van der Waals surface area contributed by atoms with Crippen LogP contribution in [-0.4, -0.2) is 67.6 Å². The van der Waals surface area contributed by atoms with Crippen LogP contribution in [0.4, 0.5) is 0 Å². The van der Waals surface area contributed by atoms with Crippen LogP contribution in [0.5, 0.6) is 11.5 Å². The summed E-state index contributed by atoms with van der Waals surface area (Å²) in [6, 6.07) is 23.3. The molecular formula is C38H44N2O8. The molecule has 3 amide bonds. The maximum atomic E-state index is 13.0. The van der Waals surface area contributed by atoms with E-state index in [1.54, 1.807) is 14.2 Å². The van der Waals surface area contributed by atoms with E-state index in [9.17, 15) is 19.2 Å². The standard InChI is InChI=1S/C38H44N2O8/c1-27-22-24-39(25-23-27)34(41)5-4-26-47-38(30-11-15-32(45-2)16-12-30,31-13-17-33(46-3)18-14-31)29-9-6-28(7-10-29)8-21-37(44)48-40-35(42)19-20-36(40)43/h6-7,9-18,27H,4-5,8,19-26H2,1-3H3. The first kappa shape index (κ1) is 34.6. The number of hydrogen-bond acceptors (Lipinski definition) is 8. The SMILES string of the molecule is COc1ccc(C(OCCCC(=O)N2CCC(C)CC2)(c2ccc(CCC(=O)ON3C(=O)CCC3=O)cc2)c2ccc(OC)cc2)cc1. The van der Waals surface area contributed by atoms with Crippen molar-refractivity contribution in [1.29, 1.82) is 0 Å². The summed E-state index contributed by atoms with van der Waals surface area (Å²) < 4.78 is 17.8. The Hall–Kier alpha value is -4.70. The second-order valence-corrected chi connectivity index (χ2v) is 12.4. The number of amides is 3. The molecule has 0 N–H and O–H groups in total. The Morgan fingerprint density at radius 1 is 0.750 bits per heavy atom. The summed E-state index contributed by atoms with van der Waals surface area (Å²) >= 11 is 0. The fraction of sp³-hybridized carbons (Fsp3) is 0.421. The van der Waals surface area contributed by atoms with E-state index in [-0.39, 0.29) is 25.2 Å². The number of carbonyl (C=O) groups excluding carboxylic acids is 4. The summed E-state index contributed by atoms with van der Waals surface area (Å²) in [4.78, 5) is 56.1. The van der Waals surface area contributed by atoms with Crippen LogP contribution in [0.15, 0.2) is 72.8 Å². The molecule has 0 aliphatic carbocycles. The van der Waals surface area contributed by atoms with Gasteiger partial charge in [-0.15, -0.1) is 5.06 Å². The molecule has 0 spiro atoms. The van der Waals surface area contributed by atoms with Gasteiger partial charge < -0.3 is 23.9 Å². The minimum atomic E-state index is -1.05. The Bertz CT molecular complexity index is 1500. The Labute approximate surface area is 281 Å². The molecule has 10 nitrogen and oxygen atoms in total. The maximum absolute atomic E-state index is 13.0. The molecule has 2 aliphatic rings. The van der Waals surface area contributed by atoms with E-state index < -0.39 is 23.4 Å². The van der Waals surface area contributed by atoms with Crippen molar-refractivity contribution < 1.29 is 38.2 Å². The predicted molar refractivity (Wildman–Crippen MR) is 178 cm³/mol. The van der Waals surface area contributed by atoms with Gasteiger partial charge in [0.1, 0.15) is 17.1 Å². The smallest absolute Gasteiger partial charge is 0.333 e. The molecule has 0 unspecified atom stereocenters. The van der Waals surface area contributed by atoms with Crippen LogP contribution in [0.3, 0.4) is 0 Å². The highest BCUT2D eigenvalue weighted by Gasteiger charge is 2.38. The van der Waals surface area contributed by atoms with Crippen molar-refractivity contribution in [3.8, 4) is 11.5 Å². The number of methoxy groups -OCH3 is 2. The number of piperidine rings is 1. The van der Waals surface area contributed by atoms with E-state index >= 15 is 0 Å². The third kappa shape index (κ3) is 8.05.